The number of carbonyl (C=O) groups is 1. The molecule has 0 unspecified atom stereocenters. The number of carbonyl (C=O) groups excluding carboxylic acids is 1. The second kappa shape index (κ2) is 5.14. The Balaban J connectivity index is 2.15. The Bertz CT molecular complexity index is 388. The van der Waals surface area contributed by atoms with Crippen molar-refractivity contribution in [1.82, 2.24) is 10.2 Å². The van der Waals surface area contributed by atoms with Gasteiger partial charge >= 0.3 is 0 Å². The Morgan fingerprint density at radius 2 is 2.25 bits per heavy atom. The molecule has 3 nitrogen and oxygen atoms in total. The van der Waals surface area contributed by atoms with Gasteiger partial charge in [0.15, 0.2) is 0 Å². The molecular formula is C12H15IN2O. The predicted octanol–water partition coefficient (Wildman–Crippen LogP) is 1.73. The number of nitrogens with zero attached hydrogens (tertiary/aromatic N) is 1. The highest BCUT2D eigenvalue weighted by atomic mass is 127. The Hall–Kier alpha value is -0.620. The van der Waals surface area contributed by atoms with E-state index in [1.54, 1.807) is 0 Å². The van der Waals surface area contributed by atoms with Crippen LogP contribution in [0, 0.1) is 3.57 Å². The topological polar surface area (TPSA) is 32.3 Å². The van der Waals surface area contributed by atoms with Crippen LogP contribution in [0.25, 0.3) is 0 Å². The molecule has 1 atom stereocenters. The number of amides is 1. The minimum Gasteiger partial charge on any atom is -0.337 e. The van der Waals surface area contributed by atoms with E-state index in [0.717, 1.165) is 28.6 Å². The smallest absolute Gasteiger partial charge is 0.254 e. The molecule has 16 heavy (non-hydrogen) atoms. The van der Waals surface area contributed by atoms with Gasteiger partial charge in [-0.05, 0) is 47.7 Å². The summed E-state index contributed by atoms with van der Waals surface area (Å²) in [6, 6.07) is 8.06. The maximum absolute atomic E-state index is 12.2. The first kappa shape index (κ1) is 11.9. The van der Waals surface area contributed by atoms with Gasteiger partial charge in [-0.15, -0.1) is 0 Å². The summed E-state index contributed by atoms with van der Waals surface area (Å²) in [4.78, 5) is 14.1. The number of likely N-dealkylation sites (N-methyl/N-ethyl adjacent to an activating group) is 1. The lowest BCUT2D eigenvalue weighted by Gasteiger charge is -2.24. The monoisotopic (exact) mass is 330 g/mol. The summed E-state index contributed by atoms with van der Waals surface area (Å²) in [7, 11) is 1.89. The van der Waals surface area contributed by atoms with Crippen molar-refractivity contribution < 1.29 is 4.79 Å². The van der Waals surface area contributed by atoms with Crippen molar-refractivity contribution >= 4 is 28.5 Å². The summed E-state index contributed by atoms with van der Waals surface area (Å²) >= 11 is 2.21. The van der Waals surface area contributed by atoms with Crippen LogP contribution in [-0.2, 0) is 0 Å². The second-order valence-electron chi connectivity index (χ2n) is 4.04. The lowest BCUT2D eigenvalue weighted by atomic mass is 10.1. The van der Waals surface area contributed by atoms with Gasteiger partial charge in [-0.2, -0.15) is 0 Å². The molecule has 0 spiro atoms. The zero-order valence-corrected chi connectivity index (χ0v) is 11.4. The van der Waals surface area contributed by atoms with E-state index in [-0.39, 0.29) is 5.91 Å². The molecule has 1 N–H and O–H groups in total. The lowest BCUT2D eigenvalue weighted by Crippen LogP contribution is -2.38. The fourth-order valence-electron chi connectivity index (χ4n) is 1.96. The number of nitrogens with one attached hydrogen (secondary N) is 1. The first-order valence-electron chi connectivity index (χ1n) is 5.42. The van der Waals surface area contributed by atoms with Crippen molar-refractivity contribution in [2.45, 2.75) is 12.5 Å². The minimum atomic E-state index is 0.124. The van der Waals surface area contributed by atoms with Crippen LogP contribution in [0.4, 0.5) is 0 Å². The molecule has 0 aliphatic carbocycles. The molecule has 1 fully saturated rings. The van der Waals surface area contributed by atoms with Crippen LogP contribution < -0.4 is 5.32 Å². The van der Waals surface area contributed by atoms with E-state index in [1.807, 2.05) is 36.2 Å². The lowest BCUT2D eigenvalue weighted by molar-refractivity contribution is 0.0742. The van der Waals surface area contributed by atoms with Crippen LogP contribution in [0.1, 0.15) is 16.8 Å². The van der Waals surface area contributed by atoms with Crippen LogP contribution >= 0.6 is 22.6 Å². The van der Waals surface area contributed by atoms with E-state index in [1.165, 1.54) is 0 Å². The molecule has 1 amide bonds. The molecule has 1 saturated heterocycles. The van der Waals surface area contributed by atoms with Crippen LogP contribution in [0.5, 0.6) is 0 Å². The van der Waals surface area contributed by atoms with E-state index >= 15 is 0 Å². The first-order chi connectivity index (χ1) is 7.70. The quantitative estimate of drug-likeness (QED) is 0.838. The van der Waals surface area contributed by atoms with Gasteiger partial charge in [0.2, 0.25) is 0 Å². The second-order valence-corrected chi connectivity index (χ2v) is 5.20. The van der Waals surface area contributed by atoms with Crippen LogP contribution in [-0.4, -0.2) is 37.0 Å². The van der Waals surface area contributed by atoms with Crippen molar-refractivity contribution in [2.24, 2.45) is 0 Å². The molecule has 1 aromatic carbocycles. The molecular weight excluding hydrogens is 315 g/mol. The highest BCUT2D eigenvalue weighted by Gasteiger charge is 2.24. The third-order valence-corrected chi connectivity index (χ3v) is 3.95. The van der Waals surface area contributed by atoms with Crippen LogP contribution in [0.3, 0.4) is 0 Å². The average molecular weight is 330 g/mol. The summed E-state index contributed by atoms with van der Waals surface area (Å²) in [5.74, 6) is 0.124. The Kier molecular flexibility index (Phi) is 3.81. The van der Waals surface area contributed by atoms with Gasteiger partial charge < -0.3 is 10.2 Å². The van der Waals surface area contributed by atoms with E-state index < -0.39 is 0 Å². The predicted molar refractivity (Wildman–Crippen MR) is 72.5 cm³/mol. The Labute approximate surface area is 109 Å². The van der Waals surface area contributed by atoms with Gasteiger partial charge in [-0.1, -0.05) is 12.1 Å². The summed E-state index contributed by atoms with van der Waals surface area (Å²) in [6.07, 6.45) is 1.05. The highest BCUT2D eigenvalue weighted by molar-refractivity contribution is 14.1. The van der Waals surface area contributed by atoms with Crippen molar-refractivity contribution in [2.75, 3.05) is 20.1 Å². The van der Waals surface area contributed by atoms with Gasteiger partial charge in [-0.25, -0.2) is 0 Å². The molecule has 2 rings (SSSR count). The molecule has 1 aliphatic heterocycles. The molecule has 0 bridgehead atoms. The molecule has 0 saturated carbocycles. The number of hydrogen-bond acceptors (Lipinski definition) is 2. The molecule has 1 aromatic rings. The van der Waals surface area contributed by atoms with Gasteiger partial charge in [0, 0.05) is 23.2 Å². The average Bonchev–Trinajstić information content (AvgIpc) is 2.81. The first-order valence-corrected chi connectivity index (χ1v) is 6.50. The Morgan fingerprint density at radius 1 is 1.50 bits per heavy atom. The van der Waals surface area contributed by atoms with E-state index in [4.69, 9.17) is 0 Å². The number of benzene rings is 1. The van der Waals surface area contributed by atoms with E-state index in [2.05, 4.69) is 27.9 Å². The molecule has 0 radical (unpaired) electrons. The maximum atomic E-state index is 12.2. The summed E-state index contributed by atoms with van der Waals surface area (Å²) in [6.45, 7) is 1.92. The molecule has 1 aliphatic rings. The zero-order chi connectivity index (χ0) is 11.5. The third kappa shape index (κ3) is 2.38. The largest absolute Gasteiger partial charge is 0.337 e. The molecule has 86 valence electrons. The van der Waals surface area contributed by atoms with Crippen LogP contribution in [0.15, 0.2) is 24.3 Å². The molecule has 1 heterocycles. The number of rotatable bonds is 2. The van der Waals surface area contributed by atoms with Gasteiger partial charge in [0.1, 0.15) is 0 Å². The molecule has 0 aromatic heterocycles. The SMILES string of the molecule is CN(C(=O)c1ccccc1I)[C@@H]1CCNC1. The van der Waals surface area contributed by atoms with E-state index in [9.17, 15) is 4.79 Å². The summed E-state index contributed by atoms with van der Waals surface area (Å²) < 4.78 is 1.02. The number of hydrogen-bond donors (Lipinski definition) is 1. The molecule has 4 heteroatoms. The van der Waals surface area contributed by atoms with Crippen LogP contribution in [0.2, 0.25) is 0 Å². The van der Waals surface area contributed by atoms with E-state index in [0.29, 0.717) is 6.04 Å². The van der Waals surface area contributed by atoms with Gasteiger partial charge in [-0.3, -0.25) is 4.79 Å². The summed E-state index contributed by atoms with van der Waals surface area (Å²) in [5.41, 5.74) is 0.803. The van der Waals surface area contributed by atoms with Crippen molar-refractivity contribution in [3.8, 4) is 0 Å². The van der Waals surface area contributed by atoms with Crippen molar-refractivity contribution in [1.29, 1.82) is 0 Å². The minimum absolute atomic E-state index is 0.124. The van der Waals surface area contributed by atoms with Gasteiger partial charge in [0.25, 0.3) is 5.91 Å². The third-order valence-electron chi connectivity index (χ3n) is 3.01. The fraction of sp³-hybridized carbons (Fsp3) is 0.417. The highest BCUT2D eigenvalue weighted by Crippen LogP contribution is 2.16. The van der Waals surface area contributed by atoms with Crippen molar-refractivity contribution in [3.63, 3.8) is 0 Å². The van der Waals surface area contributed by atoms with Gasteiger partial charge in [0.05, 0.1) is 5.56 Å². The normalized spacial score (nSPS) is 19.8. The fourth-order valence-corrected chi connectivity index (χ4v) is 2.58. The van der Waals surface area contributed by atoms with Crippen molar-refractivity contribution in [3.05, 3.63) is 33.4 Å². The summed E-state index contributed by atoms with van der Waals surface area (Å²) in [5, 5.41) is 3.28. The zero-order valence-electron chi connectivity index (χ0n) is 9.24. The number of halogens is 1. The standard InChI is InChI=1S/C12H15IN2O/c1-15(9-6-7-14-8-9)12(16)10-4-2-3-5-11(10)13/h2-5,9,14H,6-8H2,1H3/t9-/m1/s1. The Morgan fingerprint density at radius 3 is 2.88 bits per heavy atom. The maximum Gasteiger partial charge on any atom is 0.254 e.